The SMILES string of the molecule is [N-]=[N+]=N[C@H]1[C@@H](O[C@H]2O[C@H](COCc3ccccc3)[C@H](OCc3ccccc3)[C@H](OCc3ccccc3)[C@H]2OCc2ccccc2)[C@@H]2O[C@H](c3ccccc3)OC[C@H]2O[C@@H]1Sc1ccccc1. The zero-order valence-electron chi connectivity index (χ0n) is 36.3. The van der Waals surface area contributed by atoms with Crippen molar-refractivity contribution in [1.29, 1.82) is 0 Å². The van der Waals surface area contributed by atoms with Gasteiger partial charge in [0.05, 0.1) is 39.6 Å². The van der Waals surface area contributed by atoms with E-state index in [0.29, 0.717) is 6.61 Å². The molecule has 0 saturated carbocycles. The van der Waals surface area contributed by atoms with Crippen LogP contribution in [-0.2, 0) is 69.1 Å². The lowest BCUT2D eigenvalue weighted by Crippen LogP contribution is -2.66. The van der Waals surface area contributed by atoms with Gasteiger partial charge in [-0.3, -0.25) is 0 Å². The Bertz CT molecular complexity index is 2390. The molecule has 9 rings (SSSR count). The summed E-state index contributed by atoms with van der Waals surface area (Å²) in [6.07, 6.45) is -7.14. The summed E-state index contributed by atoms with van der Waals surface area (Å²) in [5, 5.41) is 4.40. The standard InChI is InChI=1S/C53H53N3O9S/c54-56-55-45-48(47-44(63-53(45)66-42-29-17-6-18-30-42)36-61-51(64-47)41-27-15-5-16-28-41)65-52-50(60-34-40-25-13-4-14-26-40)49(59-33-39-23-11-3-12-24-39)46(58-32-38-21-9-2-10-22-38)43(62-52)35-57-31-37-19-7-1-8-20-37/h1-30,43-53H,31-36H2/t43-,44-,45+,46+,47-,48-,49+,50-,51-,52-,53-/m1/s1. The molecular formula is C53H53N3O9S. The predicted octanol–water partition coefficient (Wildman–Crippen LogP) is 10.4. The fourth-order valence-corrected chi connectivity index (χ4v) is 9.55. The summed E-state index contributed by atoms with van der Waals surface area (Å²) in [7, 11) is 0. The molecule has 3 aliphatic heterocycles. The normalized spacial score (nSPS) is 27.3. The molecule has 340 valence electrons. The van der Waals surface area contributed by atoms with E-state index in [4.69, 9.17) is 42.6 Å². The molecule has 3 fully saturated rings. The second kappa shape index (κ2) is 23.4. The first-order valence-electron chi connectivity index (χ1n) is 22.3. The summed E-state index contributed by atoms with van der Waals surface area (Å²) in [5.74, 6) is 0. The van der Waals surface area contributed by atoms with Crippen LogP contribution in [0.5, 0.6) is 0 Å². The Labute approximate surface area is 389 Å². The van der Waals surface area contributed by atoms with Crippen molar-refractivity contribution in [3.63, 3.8) is 0 Å². The maximum atomic E-state index is 10.2. The second-order valence-corrected chi connectivity index (χ2v) is 17.4. The van der Waals surface area contributed by atoms with Crippen LogP contribution < -0.4 is 0 Å². The van der Waals surface area contributed by atoms with Crippen molar-refractivity contribution >= 4 is 11.8 Å². The maximum absolute atomic E-state index is 10.2. The van der Waals surface area contributed by atoms with Gasteiger partial charge in [0.1, 0.15) is 54.2 Å². The molecule has 0 amide bonds. The molecule has 0 aliphatic carbocycles. The minimum absolute atomic E-state index is 0.136. The number of benzene rings is 6. The van der Waals surface area contributed by atoms with Gasteiger partial charge in [0.2, 0.25) is 0 Å². The molecule has 0 radical (unpaired) electrons. The number of rotatable bonds is 19. The van der Waals surface area contributed by atoms with E-state index in [9.17, 15) is 5.53 Å². The highest BCUT2D eigenvalue weighted by Crippen LogP contribution is 2.43. The van der Waals surface area contributed by atoms with Gasteiger partial charge in [-0.1, -0.05) is 187 Å². The summed E-state index contributed by atoms with van der Waals surface area (Å²) in [5.41, 5.74) is 14.3. The lowest BCUT2D eigenvalue weighted by atomic mass is 9.95. The van der Waals surface area contributed by atoms with E-state index >= 15 is 0 Å². The Morgan fingerprint density at radius 2 is 1.05 bits per heavy atom. The van der Waals surface area contributed by atoms with Crippen molar-refractivity contribution in [3.8, 4) is 0 Å². The van der Waals surface area contributed by atoms with Gasteiger partial charge in [-0.05, 0) is 39.9 Å². The van der Waals surface area contributed by atoms with Gasteiger partial charge in [0.25, 0.3) is 0 Å². The molecule has 12 nitrogen and oxygen atoms in total. The van der Waals surface area contributed by atoms with Crippen LogP contribution >= 0.6 is 11.8 Å². The molecule has 13 heteroatoms. The zero-order chi connectivity index (χ0) is 44.8. The number of ether oxygens (including phenoxy) is 9. The van der Waals surface area contributed by atoms with Gasteiger partial charge < -0.3 is 42.6 Å². The number of thioether (sulfide) groups is 1. The predicted molar refractivity (Wildman–Crippen MR) is 249 cm³/mol. The largest absolute Gasteiger partial charge is 0.374 e. The Hall–Kier alpha value is -5.38. The summed E-state index contributed by atoms with van der Waals surface area (Å²) in [4.78, 5) is 4.29. The van der Waals surface area contributed by atoms with Crippen LogP contribution in [0.25, 0.3) is 10.4 Å². The van der Waals surface area contributed by atoms with Crippen LogP contribution in [0.15, 0.2) is 192 Å². The molecule has 6 aromatic rings. The van der Waals surface area contributed by atoms with E-state index < -0.39 is 66.8 Å². The number of fused-ring (bicyclic) bond motifs is 1. The number of nitrogens with zero attached hydrogens (tertiary/aromatic N) is 3. The molecule has 0 aromatic heterocycles. The van der Waals surface area contributed by atoms with Crippen molar-refractivity contribution < 1.29 is 42.6 Å². The first kappa shape index (κ1) is 45.8. The first-order valence-corrected chi connectivity index (χ1v) is 23.2. The molecule has 66 heavy (non-hydrogen) atoms. The van der Waals surface area contributed by atoms with Crippen molar-refractivity contribution in [2.75, 3.05) is 13.2 Å². The summed E-state index contributed by atoms with van der Waals surface area (Å²) >= 11 is 1.45. The average Bonchev–Trinajstić information content (AvgIpc) is 3.37. The highest BCUT2D eigenvalue weighted by Gasteiger charge is 2.55. The molecular weight excluding hydrogens is 855 g/mol. The summed E-state index contributed by atoms with van der Waals surface area (Å²) in [6.45, 7) is 1.43. The van der Waals surface area contributed by atoms with E-state index in [0.717, 1.165) is 32.7 Å². The Kier molecular flexibility index (Phi) is 16.2. The third kappa shape index (κ3) is 11.9. The van der Waals surface area contributed by atoms with E-state index in [1.807, 2.05) is 182 Å². The van der Waals surface area contributed by atoms with E-state index in [1.54, 1.807) is 0 Å². The van der Waals surface area contributed by atoms with Crippen LogP contribution in [0.2, 0.25) is 0 Å². The van der Waals surface area contributed by atoms with Crippen LogP contribution in [0.1, 0.15) is 34.1 Å². The van der Waals surface area contributed by atoms with Crippen LogP contribution in [0, 0.1) is 0 Å². The monoisotopic (exact) mass is 907 g/mol. The maximum Gasteiger partial charge on any atom is 0.187 e. The van der Waals surface area contributed by atoms with Gasteiger partial charge in [-0.2, -0.15) is 0 Å². The smallest absolute Gasteiger partial charge is 0.187 e. The average molecular weight is 908 g/mol. The minimum Gasteiger partial charge on any atom is -0.374 e. The third-order valence-corrected chi connectivity index (χ3v) is 12.9. The molecule has 11 atom stereocenters. The molecule has 0 unspecified atom stereocenters. The van der Waals surface area contributed by atoms with E-state index in [2.05, 4.69) is 10.0 Å². The minimum atomic E-state index is -1.11. The molecule has 3 saturated heterocycles. The van der Waals surface area contributed by atoms with Gasteiger partial charge in [-0.25, -0.2) is 0 Å². The first-order chi connectivity index (χ1) is 32.7. The highest BCUT2D eigenvalue weighted by molar-refractivity contribution is 7.99. The fraction of sp³-hybridized carbons (Fsp3) is 0.321. The molecule has 6 aromatic carbocycles. The number of hydrogen-bond acceptors (Lipinski definition) is 11. The summed E-state index contributed by atoms with van der Waals surface area (Å²) in [6, 6.07) is 58.6. The van der Waals surface area contributed by atoms with Gasteiger partial charge in [0.15, 0.2) is 12.6 Å². The zero-order valence-corrected chi connectivity index (χ0v) is 37.2. The van der Waals surface area contributed by atoms with Crippen molar-refractivity contribution in [2.45, 2.75) is 98.1 Å². The Morgan fingerprint density at radius 1 is 0.545 bits per heavy atom. The molecule has 0 N–H and O–H groups in total. The van der Waals surface area contributed by atoms with Crippen molar-refractivity contribution in [1.82, 2.24) is 0 Å². The Balaban J connectivity index is 1.10. The van der Waals surface area contributed by atoms with Gasteiger partial charge in [0, 0.05) is 15.4 Å². The van der Waals surface area contributed by atoms with Crippen molar-refractivity contribution in [3.05, 3.63) is 220 Å². The summed E-state index contributed by atoms with van der Waals surface area (Å²) < 4.78 is 61.7. The lowest BCUT2D eigenvalue weighted by molar-refractivity contribution is -0.366. The van der Waals surface area contributed by atoms with Crippen molar-refractivity contribution in [2.24, 2.45) is 5.11 Å². The lowest BCUT2D eigenvalue weighted by Gasteiger charge is -2.51. The highest BCUT2D eigenvalue weighted by atomic mass is 32.2. The van der Waals surface area contributed by atoms with Crippen LogP contribution in [-0.4, -0.2) is 73.7 Å². The van der Waals surface area contributed by atoms with Crippen LogP contribution in [0.4, 0.5) is 0 Å². The molecule has 0 bridgehead atoms. The van der Waals surface area contributed by atoms with Gasteiger partial charge in [-0.15, -0.1) is 0 Å². The van der Waals surface area contributed by atoms with Gasteiger partial charge >= 0.3 is 0 Å². The number of hydrogen-bond donors (Lipinski definition) is 0. The second-order valence-electron chi connectivity index (χ2n) is 16.3. The Morgan fingerprint density at radius 3 is 1.61 bits per heavy atom. The van der Waals surface area contributed by atoms with E-state index in [1.165, 1.54) is 11.8 Å². The molecule has 0 spiro atoms. The van der Waals surface area contributed by atoms with Crippen LogP contribution in [0.3, 0.4) is 0 Å². The number of azide groups is 1. The van der Waals surface area contributed by atoms with E-state index in [-0.39, 0.29) is 33.0 Å². The quantitative estimate of drug-likeness (QED) is 0.0440. The fourth-order valence-electron chi connectivity index (χ4n) is 8.42. The molecule has 3 heterocycles. The third-order valence-electron chi connectivity index (χ3n) is 11.7. The topological polar surface area (TPSA) is 132 Å². The molecule has 3 aliphatic rings.